The molecule has 0 spiro atoms. The van der Waals surface area contributed by atoms with E-state index < -0.39 is 0 Å². The summed E-state index contributed by atoms with van der Waals surface area (Å²) in [5, 5.41) is 12.2. The summed E-state index contributed by atoms with van der Waals surface area (Å²) in [6.45, 7) is 4.78. The summed E-state index contributed by atoms with van der Waals surface area (Å²) in [6.07, 6.45) is 1.03. The first-order chi connectivity index (χ1) is 6.69. The average molecular weight is 210 g/mol. The fourth-order valence-electron chi connectivity index (χ4n) is 1.11. The summed E-state index contributed by atoms with van der Waals surface area (Å²) >= 11 is 5.84. The third-order valence-electron chi connectivity index (χ3n) is 1.84. The Labute approximate surface area is 88.7 Å². The maximum absolute atomic E-state index is 8.77. The van der Waals surface area contributed by atoms with Gasteiger partial charge < -0.3 is 5.32 Å². The van der Waals surface area contributed by atoms with Crippen molar-refractivity contribution in [2.24, 2.45) is 0 Å². The Kier molecular flexibility index (Phi) is 3.73. The van der Waals surface area contributed by atoms with Crippen molar-refractivity contribution in [2.75, 3.05) is 11.9 Å². The highest BCUT2D eigenvalue weighted by Crippen LogP contribution is 2.19. The van der Waals surface area contributed by atoms with Crippen LogP contribution >= 0.6 is 11.6 Å². The SMILES string of the molecule is CCCNc1cc(C)c(C#N)c(Cl)n1. The van der Waals surface area contributed by atoms with E-state index in [1.165, 1.54) is 0 Å². The summed E-state index contributed by atoms with van der Waals surface area (Å²) < 4.78 is 0. The molecule has 1 rings (SSSR count). The molecule has 4 heteroatoms. The molecule has 0 unspecified atom stereocenters. The van der Waals surface area contributed by atoms with Crippen LogP contribution in [0, 0.1) is 18.3 Å². The zero-order chi connectivity index (χ0) is 10.6. The number of hydrogen-bond donors (Lipinski definition) is 1. The Balaban J connectivity index is 2.97. The molecule has 74 valence electrons. The van der Waals surface area contributed by atoms with Gasteiger partial charge in [-0.3, -0.25) is 0 Å². The van der Waals surface area contributed by atoms with Gasteiger partial charge in [0.1, 0.15) is 17.0 Å². The highest BCUT2D eigenvalue weighted by Gasteiger charge is 2.06. The fraction of sp³-hybridized carbons (Fsp3) is 0.400. The van der Waals surface area contributed by atoms with Crippen molar-refractivity contribution < 1.29 is 0 Å². The summed E-state index contributed by atoms with van der Waals surface area (Å²) in [6, 6.07) is 3.86. The van der Waals surface area contributed by atoms with Crippen molar-refractivity contribution in [1.82, 2.24) is 4.98 Å². The van der Waals surface area contributed by atoms with Crippen LogP contribution in [-0.2, 0) is 0 Å². The van der Waals surface area contributed by atoms with Gasteiger partial charge in [-0.15, -0.1) is 0 Å². The number of halogens is 1. The number of hydrogen-bond acceptors (Lipinski definition) is 3. The van der Waals surface area contributed by atoms with E-state index in [1.807, 2.05) is 19.1 Å². The molecule has 0 aliphatic rings. The third-order valence-corrected chi connectivity index (χ3v) is 2.11. The molecule has 1 aromatic rings. The highest BCUT2D eigenvalue weighted by molar-refractivity contribution is 6.30. The Morgan fingerprint density at radius 2 is 2.36 bits per heavy atom. The van der Waals surface area contributed by atoms with E-state index in [9.17, 15) is 0 Å². The van der Waals surface area contributed by atoms with E-state index in [2.05, 4.69) is 17.2 Å². The average Bonchev–Trinajstić information content (AvgIpc) is 2.14. The molecule has 1 heterocycles. The van der Waals surface area contributed by atoms with Crippen LogP contribution in [0.5, 0.6) is 0 Å². The van der Waals surface area contributed by atoms with Crippen LogP contribution in [0.15, 0.2) is 6.07 Å². The minimum Gasteiger partial charge on any atom is -0.370 e. The normalized spacial score (nSPS) is 9.57. The van der Waals surface area contributed by atoms with E-state index in [0.717, 1.165) is 24.3 Å². The van der Waals surface area contributed by atoms with E-state index in [4.69, 9.17) is 16.9 Å². The first kappa shape index (κ1) is 10.8. The monoisotopic (exact) mass is 209 g/mol. The van der Waals surface area contributed by atoms with Crippen LogP contribution < -0.4 is 5.32 Å². The third kappa shape index (κ3) is 2.36. The van der Waals surface area contributed by atoms with Crippen molar-refractivity contribution in [3.05, 3.63) is 22.3 Å². The van der Waals surface area contributed by atoms with Crippen LogP contribution in [0.2, 0.25) is 5.15 Å². The van der Waals surface area contributed by atoms with E-state index in [0.29, 0.717) is 5.56 Å². The second-order valence-electron chi connectivity index (χ2n) is 3.03. The highest BCUT2D eigenvalue weighted by atomic mass is 35.5. The van der Waals surface area contributed by atoms with Gasteiger partial charge in [-0.1, -0.05) is 18.5 Å². The molecule has 0 atom stereocenters. The maximum atomic E-state index is 8.77. The van der Waals surface area contributed by atoms with E-state index in [-0.39, 0.29) is 5.15 Å². The quantitative estimate of drug-likeness (QED) is 0.779. The Hall–Kier alpha value is -1.27. The number of aryl methyl sites for hydroxylation is 1. The Morgan fingerprint density at radius 1 is 1.64 bits per heavy atom. The van der Waals surface area contributed by atoms with Gasteiger partial charge in [0.15, 0.2) is 0 Å². The van der Waals surface area contributed by atoms with Gasteiger partial charge in [0.25, 0.3) is 0 Å². The number of nitrogens with one attached hydrogen (secondary N) is 1. The number of aromatic nitrogens is 1. The molecule has 0 fully saturated rings. The molecular formula is C10H12ClN3. The van der Waals surface area contributed by atoms with Crippen molar-refractivity contribution in [2.45, 2.75) is 20.3 Å². The Morgan fingerprint density at radius 3 is 2.86 bits per heavy atom. The second-order valence-corrected chi connectivity index (χ2v) is 3.39. The summed E-state index contributed by atoms with van der Waals surface area (Å²) in [4.78, 5) is 4.07. The molecule has 14 heavy (non-hydrogen) atoms. The predicted octanol–water partition coefficient (Wildman–Crippen LogP) is 2.74. The minimum atomic E-state index is 0.270. The van der Waals surface area contributed by atoms with Crippen molar-refractivity contribution >= 4 is 17.4 Å². The standard InChI is InChI=1S/C10H12ClN3/c1-3-4-13-9-5-7(2)8(6-12)10(11)14-9/h5H,3-4H2,1-2H3,(H,13,14). The molecule has 0 radical (unpaired) electrons. The second kappa shape index (κ2) is 4.83. The molecule has 0 aliphatic heterocycles. The largest absolute Gasteiger partial charge is 0.370 e. The van der Waals surface area contributed by atoms with Gasteiger partial charge in [0, 0.05) is 6.54 Å². The lowest BCUT2D eigenvalue weighted by molar-refractivity contribution is 0.968. The predicted molar refractivity (Wildman–Crippen MR) is 57.5 cm³/mol. The lowest BCUT2D eigenvalue weighted by Crippen LogP contribution is -2.03. The fourth-order valence-corrected chi connectivity index (χ4v) is 1.39. The molecule has 3 nitrogen and oxygen atoms in total. The molecule has 0 saturated carbocycles. The topological polar surface area (TPSA) is 48.7 Å². The smallest absolute Gasteiger partial charge is 0.149 e. The number of nitrogens with zero attached hydrogens (tertiary/aromatic N) is 2. The molecule has 1 N–H and O–H groups in total. The Bertz CT molecular complexity index is 345. The summed E-state index contributed by atoms with van der Waals surface area (Å²) in [5.41, 5.74) is 1.31. The van der Waals surface area contributed by atoms with Crippen LogP contribution in [0.1, 0.15) is 24.5 Å². The maximum Gasteiger partial charge on any atom is 0.149 e. The lowest BCUT2D eigenvalue weighted by atomic mass is 10.2. The molecule has 0 amide bonds. The number of pyridine rings is 1. The van der Waals surface area contributed by atoms with Gasteiger partial charge in [-0.05, 0) is 25.0 Å². The molecule has 1 aromatic heterocycles. The minimum absolute atomic E-state index is 0.270. The number of anilines is 1. The molecule has 0 saturated heterocycles. The first-order valence-corrected chi connectivity index (χ1v) is 4.88. The number of nitriles is 1. The summed E-state index contributed by atoms with van der Waals surface area (Å²) in [7, 11) is 0. The zero-order valence-electron chi connectivity index (χ0n) is 8.26. The molecular weight excluding hydrogens is 198 g/mol. The van der Waals surface area contributed by atoms with Gasteiger partial charge in [-0.25, -0.2) is 4.98 Å². The van der Waals surface area contributed by atoms with Gasteiger partial charge in [-0.2, -0.15) is 5.26 Å². The van der Waals surface area contributed by atoms with Crippen LogP contribution in [0.4, 0.5) is 5.82 Å². The van der Waals surface area contributed by atoms with Crippen LogP contribution in [0.3, 0.4) is 0 Å². The van der Waals surface area contributed by atoms with Gasteiger partial charge in [0.05, 0.1) is 5.56 Å². The summed E-state index contributed by atoms with van der Waals surface area (Å²) in [5.74, 6) is 0.730. The van der Waals surface area contributed by atoms with Gasteiger partial charge in [0.2, 0.25) is 0 Å². The van der Waals surface area contributed by atoms with Gasteiger partial charge >= 0.3 is 0 Å². The van der Waals surface area contributed by atoms with Crippen LogP contribution in [-0.4, -0.2) is 11.5 Å². The molecule has 0 aromatic carbocycles. The van der Waals surface area contributed by atoms with Crippen molar-refractivity contribution in [1.29, 1.82) is 5.26 Å². The molecule has 0 aliphatic carbocycles. The van der Waals surface area contributed by atoms with Crippen molar-refractivity contribution in [3.63, 3.8) is 0 Å². The zero-order valence-corrected chi connectivity index (χ0v) is 9.02. The van der Waals surface area contributed by atoms with Crippen molar-refractivity contribution in [3.8, 4) is 6.07 Å². The lowest BCUT2D eigenvalue weighted by Gasteiger charge is -2.06. The first-order valence-electron chi connectivity index (χ1n) is 4.50. The molecule has 0 bridgehead atoms. The number of rotatable bonds is 3. The van der Waals surface area contributed by atoms with E-state index in [1.54, 1.807) is 0 Å². The van der Waals surface area contributed by atoms with E-state index >= 15 is 0 Å². The van der Waals surface area contributed by atoms with Crippen LogP contribution in [0.25, 0.3) is 0 Å².